The fraction of sp³-hybridized carbons (Fsp3) is 0.111. The fourth-order valence-electron chi connectivity index (χ4n) is 1.35. The van der Waals surface area contributed by atoms with E-state index in [0.717, 1.165) is 5.69 Å². The molecule has 0 N–H and O–H groups in total. The summed E-state index contributed by atoms with van der Waals surface area (Å²) in [5.41, 5.74) is 1.54. The quantitative estimate of drug-likeness (QED) is 0.459. The number of hydrogen-bond donors (Lipinski definition) is 0. The number of carbonyl (C=O) groups is 1. The number of aromatic carboxylic acids is 1. The molecule has 0 spiro atoms. The standard InChI is InChI=1S/C9H8N2O2.Na/c1-6-3-2-4-8-10-5-7(9(12)13)11(6)8;/h2-5H,1H3,(H,12,13);/q;+1/p-1. The number of pyridine rings is 1. The predicted molar refractivity (Wildman–Crippen MR) is 44.3 cm³/mol. The Morgan fingerprint density at radius 3 is 2.86 bits per heavy atom. The zero-order valence-corrected chi connectivity index (χ0v) is 10.0. The zero-order chi connectivity index (χ0) is 9.42. The van der Waals surface area contributed by atoms with Crippen molar-refractivity contribution in [3.63, 3.8) is 0 Å². The average Bonchev–Trinajstić information content (AvgIpc) is 2.49. The summed E-state index contributed by atoms with van der Waals surface area (Å²) in [4.78, 5) is 14.6. The van der Waals surface area contributed by atoms with Crippen molar-refractivity contribution in [2.24, 2.45) is 0 Å². The molecule has 0 aliphatic carbocycles. The van der Waals surface area contributed by atoms with E-state index >= 15 is 0 Å². The van der Waals surface area contributed by atoms with Crippen molar-refractivity contribution < 1.29 is 39.5 Å². The van der Waals surface area contributed by atoms with Gasteiger partial charge in [0.25, 0.3) is 0 Å². The minimum absolute atomic E-state index is 0. The van der Waals surface area contributed by atoms with Crippen LogP contribution >= 0.6 is 0 Å². The number of hydrogen-bond acceptors (Lipinski definition) is 3. The summed E-state index contributed by atoms with van der Waals surface area (Å²) in [7, 11) is 0. The SMILES string of the molecule is Cc1cccc2ncc(C(=O)[O-])n12.[Na+]. The van der Waals surface area contributed by atoms with Gasteiger partial charge in [-0.05, 0) is 19.1 Å². The van der Waals surface area contributed by atoms with Crippen molar-refractivity contribution in [1.82, 2.24) is 9.38 Å². The van der Waals surface area contributed by atoms with Gasteiger partial charge < -0.3 is 9.90 Å². The van der Waals surface area contributed by atoms with Gasteiger partial charge in [0.1, 0.15) is 5.65 Å². The summed E-state index contributed by atoms with van der Waals surface area (Å²) in [5, 5.41) is 10.7. The van der Waals surface area contributed by atoms with Crippen molar-refractivity contribution in [1.29, 1.82) is 0 Å². The zero-order valence-electron chi connectivity index (χ0n) is 8.02. The normalized spacial score (nSPS) is 9.79. The number of carbonyl (C=O) groups excluding carboxylic acids is 1. The maximum atomic E-state index is 10.7. The van der Waals surface area contributed by atoms with E-state index in [1.807, 2.05) is 19.1 Å². The van der Waals surface area contributed by atoms with Crippen LogP contribution in [0.2, 0.25) is 0 Å². The number of fused-ring (bicyclic) bond motifs is 1. The summed E-state index contributed by atoms with van der Waals surface area (Å²) in [6.45, 7) is 1.82. The molecule has 0 unspecified atom stereocenters. The van der Waals surface area contributed by atoms with E-state index < -0.39 is 5.97 Å². The van der Waals surface area contributed by atoms with Crippen LogP contribution in [0, 0.1) is 6.92 Å². The Morgan fingerprint density at radius 1 is 1.50 bits per heavy atom. The molecular weight excluding hydrogens is 191 g/mol. The van der Waals surface area contributed by atoms with E-state index in [-0.39, 0.29) is 35.3 Å². The number of aryl methyl sites for hydroxylation is 1. The van der Waals surface area contributed by atoms with E-state index in [1.165, 1.54) is 6.20 Å². The second kappa shape index (κ2) is 4.13. The van der Waals surface area contributed by atoms with Crippen molar-refractivity contribution in [3.05, 3.63) is 35.8 Å². The fourth-order valence-corrected chi connectivity index (χ4v) is 1.35. The Morgan fingerprint density at radius 2 is 2.21 bits per heavy atom. The molecule has 0 aliphatic rings. The van der Waals surface area contributed by atoms with Gasteiger partial charge in [0.05, 0.1) is 17.9 Å². The van der Waals surface area contributed by atoms with Crippen LogP contribution in [0.25, 0.3) is 5.65 Å². The molecule has 0 radical (unpaired) electrons. The molecule has 2 aromatic rings. The minimum atomic E-state index is -1.21. The molecular formula is C9H7N2NaO2. The number of carboxylic acid groups (broad SMARTS) is 1. The van der Waals surface area contributed by atoms with Gasteiger partial charge >= 0.3 is 29.6 Å². The summed E-state index contributed by atoms with van der Waals surface area (Å²) in [6, 6.07) is 5.40. The Balaban J connectivity index is 0.000000980. The maximum absolute atomic E-state index is 10.7. The van der Waals surface area contributed by atoms with Gasteiger partial charge in [-0.25, -0.2) is 4.98 Å². The molecule has 0 aliphatic heterocycles. The number of rotatable bonds is 1. The number of nitrogens with zero attached hydrogens (tertiary/aromatic N) is 2. The molecule has 0 saturated carbocycles. The van der Waals surface area contributed by atoms with Crippen LogP contribution in [0.3, 0.4) is 0 Å². The van der Waals surface area contributed by atoms with E-state index in [0.29, 0.717) is 5.65 Å². The van der Waals surface area contributed by atoms with E-state index in [9.17, 15) is 9.90 Å². The van der Waals surface area contributed by atoms with Crippen LogP contribution in [0.15, 0.2) is 24.4 Å². The summed E-state index contributed by atoms with van der Waals surface area (Å²) >= 11 is 0. The van der Waals surface area contributed by atoms with Crippen molar-refractivity contribution in [2.45, 2.75) is 6.92 Å². The monoisotopic (exact) mass is 198 g/mol. The van der Waals surface area contributed by atoms with E-state index in [4.69, 9.17) is 0 Å². The molecule has 14 heavy (non-hydrogen) atoms. The van der Waals surface area contributed by atoms with Gasteiger partial charge in [-0.15, -0.1) is 0 Å². The van der Waals surface area contributed by atoms with Crippen LogP contribution in [0.5, 0.6) is 0 Å². The maximum Gasteiger partial charge on any atom is 1.00 e. The third-order valence-corrected chi connectivity index (χ3v) is 1.93. The molecule has 2 rings (SSSR count). The van der Waals surface area contributed by atoms with Crippen molar-refractivity contribution >= 4 is 11.6 Å². The summed E-state index contributed by atoms with van der Waals surface area (Å²) < 4.78 is 1.55. The van der Waals surface area contributed by atoms with Gasteiger partial charge in [-0.1, -0.05) is 6.07 Å². The number of aromatic nitrogens is 2. The Labute approximate surface area is 103 Å². The first kappa shape index (κ1) is 11.2. The third kappa shape index (κ3) is 1.68. The topological polar surface area (TPSA) is 57.4 Å². The predicted octanol–water partition coefficient (Wildman–Crippen LogP) is -2.99. The smallest absolute Gasteiger partial charge is 0.543 e. The Bertz CT molecular complexity index is 479. The molecule has 0 amide bonds. The molecule has 0 aromatic carbocycles. The molecule has 66 valence electrons. The molecule has 5 heteroatoms. The summed E-state index contributed by atoms with van der Waals surface area (Å²) in [6.07, 6.45) is 1.30. The van der Waals surface area contributed by atoms with Gasteiger partial charge in [-0.2, -0.15) is 0 Å². The van der Waals surface area contributed by atoms with Gasteiger partial charge in [-0.3, -0.25) is 4.40 Å². The molecule has 0 atom stereocenters. The van der Waals surface area contributed by atoms with E-state index in [2.05, 4.69) is 4.98 Å². The molecule has 0 saturated heterocycles. The summed E-state index contributed by atoms with van der Waals surface area (Å²) in [5.74, 6) is -1.21. The van der Waals surface area contributed by atoms with Crippen LogP contribution in [0.1, 0.15) is 16.2 Å². The molecule has 4 nitrogen and oxygen atoms in total. The van der Waals surface area contributed by atoms with E-state index in [1.54, 1.807) is 10.5 Å². The first-order valence-electron chi connectivity index (χ1n) is 3.84. The van der Waals surface area contributed by atoms with Crippen LogP contribution in [0.4, 0.5) is 0 Å². The van der Waals surface area contributed by atoms with Gasteiger partial charge in [0.15, 0.2) is 0 Å². The van der Waals surface area contributed by atoms with Crippen LogP contribution in [-0.4, -0.2) is 15.4 Å². The molecule has 0 bridgehead atoms. The molecule has 2 aromatic heterocycles. The van der Waals surface area contributed by atoms with Crippen LogP contribution < -0.4 is 34.7 Å². The number of carboxylic acids is 1. The van der Waals surface area contributed by atoms with Gasteiger partial charge in [0, 0.05) is 5.69 Å². The Kier molecular flexibility index (Phi) is 3.31. The second-order valence-electron chi connectivity index (χ2n) is 2.79. The van der Waals surface area contributed by atoms with Crippen LogP contribution in [-0.2, 0) is 0 Å². The third-order valence-electron chi connectivity index (χ3n) is 1.93. The van der Waals surface area contributed by atoms with Crippen molar-refractivity contribution in [3.8, 4) is 0 Å². The minimum Gasteiger partial charge on any atom is -0.543 e. The first-order valence-corrected chi connectivity index (χ1v) is 3.84. The van der Waals surface area contributed by atoms with Crippen molar-refractivity contribution in [2.75, 3.05) is 0 Å². The molecule has 2 heterocycles. The molecule has 0 fully saturated rings. The first-order chi connectivity index (χ1) is 6.20. The average molecular weight is 198 g/mol. The number of imidazole rings is 1. The Hall–Kier alpha value is -0.840. The largest absolute Gasteiger partial charge is 1.00 e. The van der Waals surface area contributed by atoms with Gasteiger partial charge in [0.2, 0.25) is 0 Å². The second-order valence-corrected chi connectivity index (χ2v) is 2.79.